The van der Waals surface area contributed by atoms with Gasteiger partial charge in [-0.15, -0.1) is 5.10 Å². The standard InChI is InChI=1S/C17H23N5OS/c1-4-14-16(24-20-19-14)17(23)21(3)13-8-6-10-22(11-13)15-9-5-7-12(2)18-15/h5,7,9,13H,4,6,8,10-11H2,1-3H3. The maximum Gasteiger partial charge on any atom is 0.267 e. The molecule has 2 aromatic heterocycles. The van der Waals surface area contributed by atoms with E-state index in [4.69, 9.17) is 0 Å². The predicted molar refractivity (Wildman–Crippen MR) is 95.6 cm³/mol. The van der Waals surface area contributed by atoms with Gasteiger partial charge in [-0.3, -0.25) is 4.79 Å². The summed E-state index contributed by atoms with van der Waals surface area (Å²) in [6.07, 6.45) is 2.80. The number of aromatic nitrogens is 3. The largest absolute Gasteiger partial charge is 0.355 e. The number of rotatable bonds is 4. The smallest absolute Gasteiger partial charge is 0.267 e. The third-order valence-electron chi connectivity index (χ3n) is 4.55. The van der Waals surface area contributed by atoms with Gasteiger partial charge in [-0.05, 0) is 49.9 Å². The number of likely N-dealkylation sites (N-methyl/N-ethyl adjacent to an activating group) is 1. The molecule has 0 spiro atoms. The Morgan fingerprint density at radius 2 is 2.29 bits per heavy atom. The van der Waals surface area contributed by atoms with Crippen LogP contribution in [-0.4, -0.2) is 51.6 Å². The zero-order valence-corrected chi connectivity index (χ0v) is 15.2. The fourth-order valence-corrected chi connectivity index (χ4v) is 3.85. The van der Waals surface area contributed by atoms with Crippen molar-refractivity contribution in [3.8, 4) is 0 Å². The van der Waals surface area contributed by atoms with E-state index in [-0.39, 0.29) is 11.9 Å². The topological polar surface area (TPSA) is 62.2 Å². The van der Waals surface area contributed by atoms with E-state index in [2.05, 4.69) is 19.5 Å². The number of hydrogen-bond donors (Lipinski definition) is 0. The molecule has 1 aliphatic rings. The monoisotopic (exact) mass is 345 g/mol. The molecule has 1 aliphatic heterocycles. The summed E-state index contributed by atoms with van der Waals surface area (Å²) in [7, 11) is 1.89. The number of nitrogens with zero attached hydrogens (tertiary/aromatic N) is 5. The van der Waals surface area contributed by atoms with E-state index >= 15 is 0 Å². The molecule has 1 amide bonds. The summed E-state index contributed by atoms with van der Waals surface area (Å²) in [5.74, 6) is 1.03. The van der Waals surface area contributed by atoms with E-state index in [0.29, 0.717) is 4.88 Å². The molecule has 0 N–H and O–H groups in total. The van der Waals surface area contributed by atoms with Gasteiger partial charge < -0.3 is 9.80 Å². The van der Waals surface area contributed by atoms with E-state index in [9.17, 15) is 4.79 Å². The van der Waals surface area contributed by atoms with Gasteiger partial charge in [0.05, 0.1) is 5.69 Å². The summed E-state index contributed by atoms with van der Waals surface area (Å²) in [5.41, 5.74) is 1.81. The Morgan fingerprint density at radius 1 is 1.46 bits per heavy atom. The van der Waals surface area contributed by atoms with Crippen molar-refractivity contribution in [2.45, 2.75) is 39.2 Å². The van der Waals surface area contributed by atoms with Crippen molar-refractivity contribution in [3.63, 3.8) is 0 Å². The molecule has 1 atom stereocenters. The number of carbonyl (C=O) groups excluding carboxylic acids is 1. The zero-order chi connectivity index (χ0) is 17.1. The van der Waals surface area contributed by atoms with Gasteiger partial charge >= 0.3 is 0 Å². The fraction of sp³-hybridized carbons (Fsp3) is 0.529. The van der Waals surface area contributed by atoms with Crippen LogP contribution in [0.1, 0.15) is 40.8 Å². The molecule has 0 aliphatic carbocycles. The molecule has 1 saturated heterocycles. The first-order valence-corrected chi connectivity index (χ1v) is 9.14. The molecule has 3 heterocycles. The second-order valence-electron chi connectivity index (χ2n) is 6.20. The van der Waals surface area contributed by atoms with Crippen LogP contribution in [0.4, 0.5) is 5.82 Å². The van der Waals surface area contributed by atoms with Crippen molar-refractivity contribution in [3.05, 3.63) is 34.5 Å². The molecule has 24 heavy (non-hydrogen) atoms. The summed E-state index contributed by atoms with van der Waals surface area (Å²) in [5, 5.41) is 4.06. The highest BCUT2D eigenvalue weighted by Gasteiger charge is 2.29. The van der Waals surface area contributed by atoms with Crippen LogP contribution in [0.3, 0.4) is 0 Å². The van der Waals surface area contributed by atoms with E-state index < -0.39 is 0 Å². The minimum absolute atomic E-state index is 0.0332. The molecule has 0 bridgehead atoms. The molecule has 128 valence electrons. The lowest BCUT2D eigenvalue weighted by atomic mass is 10.0. The number of piperidine rings is 1. The predicted octanol–water partition coefficient (Wildman–Crippen LogP) is 2.54. The molecule has 0 saturated carbocycles. The van der Waals surface area contributed by atoms with Crippen LogP contribution in [0.2, 0.25) is 0 Å². The molecular formula is C17H23N5OS. The summed E-state index contributed by atoms with van der Waals surface area (Å²) >= 11 is 1.20. The Morgan fingerprint density at radius 3 is 3.04 bits per heavy atom. The average molecular weight is 345 g/mol. The van der Waals surface area contributed by atoms with Crippen LogP contribution >= 0.6 is 11.5 Å². The van der Waals surface area contributed by atoms with Crippen LogP contribution in [0.5, 0.6) is 0 Å². The highest BCUT2D eigenvalue weighted by atomic mass is 32.1. The lowest BCUT2D eigenvalue weighted by Crippen LogP contribution is -2.48. The van der Waals surface area contributed by atoms with Gasteiger partial charge in [-0.1, -0.05) is 17.5 Å². The lowest BCUT2D eigenvalue weighted by Gasteiger charge is -2.38. The van der Waals surface area contributed by atoms with Crippen LogP contribution in [0.15, 0.2) is 18.2 Å². The Balaban J connectivity index is 1.73. The molecule has 0 radical (unpaired) electrons. The number of aryl methyl sites for hydroxylation is 2. The van der Waals surface area contributed by atoms with Gasteiger partial charge in [-0.25, -0.2) is 4.98 Å². The molecule has 6 nitrogen and oxygen atoms in total. The maximum absolute atomic E-state index is 12.8. The van der Waals surface area contributed by atoms with E-state index in [1.807, 2.05) is 44.0 Å². The first-order chi connectivity index (χ1) is 11.6. The van der Waals surface area contributed by atoms with Gasteiger partial charge in [0.2, 0.25) is 0 Å². The number of pyridine rings is 1. The summed E-state index contributed by atoms with van der Waals surface area (Å²) < 4.78 is 3.94. The molecular weight excluding hydrogens is 322 g/mol. The van der Waals surface area contributed by atoms with Crippen molar-refractivity contribution >= 4 is 23.3 Å². The Bertz CT molecular complexity index is 717. The summed E-state index contributed by atoms with van der Waals surface area (Å²) in [6, 6.07) is 6.26. The van der Waals surface area contributed by atoms with Crippen molar-refractivity contribution in [2.24, 2.45) is 0 Å². The molecule has 7 heteroatoms. The van der Waals surface area contributed by atoms with Crippen LogP contribution in [-0.2, 0) is 6.42 Å². The average Bonchev–Trinajstić information content (AvgIpc) is 3.09. The van der Waals surface area contributed by atoms with E-state index in [1.165, 1.54) is 11.5 Å². The first-order valence-electron chi connectivity index (χ1n) is 8.37. The lowest BCUT2D eigenvalue weighted by molar-refractivity contribution is 0.0721. The normalized spacial score (nSPS) is 17.8. The quantitative estimate of drug-likeness (QED) is 0.852. The van der Waals surface area contributed by atoms with Gasteiger partial charge in [0, 0.05) is 31.9 Å². The number of hydrogen-bond acceptors (Lipinski definition) is 6. The van der Waals surface area contributed by atoms with Crippen molar-refractivity contribution in [2.75, 3.05) is 25.0 Å². The Hall–Kier alpha value is -2.02. The van der Waals surface area contributed by atoms with Gasteiger partial charge in [0.25, 0.3) is 5.91 Å². The number of amides is 1. The molecule has 3 rings (SSSR count). The van der Waals surface area contributed by atoms with Crippen molar-refractivity contribution in [1.29, 1.82) is 0 Å². The number of carbonyl (C=O) groups is 1. The van der Waals surface area contributed by atoms with Crippen LogP contribution in [0, 0.1) is 6.92 Å². The Kier molecular flexibility index (Phi) is 5.08. The molecule has 2 aromatic rings. The summed E-state index contributed by atoms with van der Waals surface area (Å²) in [6.45, 7) is 5.80. The van der Waals surface area contributed by atoms with Gasteiger partial charge in [0.1, 0.15) is 10.7 Å². The van der Waals surface area contributed by atoms with E-state index in [1.54, 1.807) is 0 Å². The first kappa shape index (κ1) is 16.8. The zero-order valence-electron chi connectivity index (χ0n) is 14.4. The van der Waals surface area contributed by atoms with Crippen LogP contribution < -0.4 is 4.90 Å². The van der Waals surface area contributed by atoms with Gasteiger partial charge in [-0.2, -0.15) is 0 Å². The van der Waals surface area contributed by atoms with Crippen LogP contribution in [0.25, 0.3) is 0 Å². The van der Waals surface area contributed by atoms with E-state index in [0.717, 1.165) is 49.6 Å². The Labute approximate surface area is 146 Å². The SMILES string of the molecule is CCc1nnsc1C(=O)N(C)C1CCCN(c2cccc(C)n2)C1. The minimum Gasteiger partial charge on any atom is -0.355 e. The van der Waals surface area contributed by atoms with Crippen molar-refractivity contribution in [1.82, 2.24) is 19.5 Å². The third kappa shape index (κ3) is 3.40. The third-order valence-corrected chi connectivity index (χ3v) is 5.30. The summed E-state index contributed by atoms with van der Waals surface area (Å²) in [4.78, 5) is 22.2. The molecule has 1 fully saturated rings. The molecule has 1 unspecified atom stereocenters. The maximum atomic E-state index is 12.8. The second-order valence-corrected chi connectivity index (χ2v) is 6.95. The highest BCUT2D eigenvalue weighted by molar-refractivity contribution is 7.08. The van der Waals surface area contributed by atoms with Crippen molar-refractivity contribution < 1.29 is 4.79 Å². The number of anilines is 1. The fourth-order valence-electron chi connectivity index (χ4n) is 3.11. The highest BCUT2D eigenvalue weighted by Crippen LogP contribution is 2.23. The minimum atomic E-state index is 0.0332. The van der Waals surface area contributed by atoms with Gasteiger partial charge in [0.15, 0.2) is 0 Å². The second kappa shape index (κ2) is 7.25. The molecule has 0 aromatic carbocycles.